The van der Waals surface area contributed by atoms with E-state index in [9.17, 15) is 9.90 Å². The standard InChI is InChI=1S/C14H18N2O2/c1-4-16(10-15)13(18)14(2,3)9-11-5-7-12(17)8-6-11/h5-8,17H,4,9H2,1-3H3. The van der Waals surface area contributed by atoms with E-state index in [1.165, 1.54) is 4.90 Å². The number of carbonyl (C=O) groups excluding carboxylic acids is 1. The third kappa shape index (κ3) is 3.24. The maximum Gasteiger partial charge on any atom is 0.241 e. The minimum Gasteiger partial charge on any atom is -0.508 e. The Kier molecular flexibility index (Phi) is 4.33. The molecule has 0 saturated carbocycles. The van der Waals surface area contributed by atoms with Crippen LogP contribution in [0.4, 0.5) is 0 Å². The van der Waals surface area contributed by atoms with Gasteiger partial charge in [0, 0.05) is 12.0 Å². The van der Waals surface area contributed by atoms with Crippen molar-refractivity contribution in [2.45, 2.75) is 27.2 Å². The van der Waals surface area contributed by atoms with Gasteiger partial charge in [0.15, 0.2) is 6.19 Å². The molecule has 0 fully saturated rings. The number of nitriles is 1. The Morgan fingerprint density at radius 3 is 2.39 bits per heavy atom. The molecular formula is C14H18N2O2. The highest BCUT2D eigenvalue weighted by Gasteiger charge is 2.31. The third-order valence-electron chi connectivity index (χ3n) is 2.84. The third-order valence-corrected chi connectivity index (χ3v) is 2.84. The van der Waals surface area contributed by atoms with Gasteiger partial charge in [-0.2, -0.15) is 5.26 Å². The van der Waals surface area contributed by atoms with Gasteiger partial charge in [-0.1, -0.05) is 26.0 Å². The molecule has 1 aromatic carbocycles. The molecule has 0 aromatic heterocycles. The Morgan fingerprint density at radius 2 is 1.94 bits per heavy atom. The van der Waals surface area contributed by atoms with E-state index in [-0.39, 0.29) is 11.7 Å². The highest BCUT2D eigenvalue weighted by Crippen LogP contribution is 2.25. The molecule has 0 aliphatic carbocycles. The first kappa shape index (κ1) is 14.0. The SMILES string of the molecule is CCN(C#N)C(=O)C(C)(C)Cc1ccc(O)cc1. The van der Waals surface area contributed by atoms with Crippen LogP contribution in [0.25, 0.3) is 0 Å². The van der Waals surface area contributed by atoms with Crippen molar-refractivity contribution in [1.29, 1.82) is 5.26 Å². The predicted molar refractivity (Wildman–Crippen MR) is 68.6 cm³/mol. The van der Waals surface area contributed by atoms with E-state index in [1.807, 2.05) is 20.0 Å². The van der Waals surface area contributed by atoms with Crippen molar-refractivity contribution in [2.24, 2.45) is 5.41 Å². The molecule has 18 heavy (non-hydrogen) atoms. The molecule has 0 heterocycles. The second-order valence-electron chi connectivity index (χ2n) is 4.88. The van der Waals surface area contributed by atoms with Crippen LogP contribution in [-0.4, -0.2) is 22.5 Å². The molecule has 4 nitrogen and oxygen atoms in total. The maximum absolute atomic E-state index is 12.2. The van der Waals surface area contributed by atoms with Gasteiger partial charge in [0.05, 0.1) is 0 Å². The Balaban J connectivity index is 2.84. The largest absolute Gasteiger partial charge is 0.508 e. The minimum absolute atomic E-state index is 0.180. The summed E-state index contributed by atoms with van der Waals surface area (Å²) in [5.41, 5.74) is 0.322. The number of benzene rings is 1. The van der Waals surface area contributed by atoms with Crippen LogP contribution < -0.4 is 0 Å². The second-order valence-corrected chi connectivity index (χ2v) is 4.88. The zero-order valence-corrected chi connectivity index (χ0v) is 11.0. The van der Waals surface area contributed by atoms with Gasteiger partial charge >= 0.3 is 0 Å². The van der Waals surface area contributed by atoms with Crippen LogP contribution in [0.3, 0.4) is 0 Å². The second kappa shape index (κ2) is 5.54. The topological polar surface area (TPSA) is 64.3 Å². The van der Waals surface area contributed by atoms with Gasteiger partial charge in [0.2, 0.25) is 5.91 Å². The van der Waals surface area contributed by atoms with Gasteiger partial charge < -0.3 is 5.11 Å². The predicted octanol–water partition coefficient (Wildman–Crippen LogP) is 2.29. The first-order valence-electron chi connectivity index (χ1n) is 5.90. The molecule has 0 radical (unpaired) electrons. The van der Waals surface area contributed by atoms with Crippen LogP contribution in [-0.2, 0) is 11.2 Å². The normalized spacial score (nSPS) is 10.8. The maximum atomic E-state index is 12.2. The molecule has 0 unspecified atom stereocenters. The average Bonchev–Trinajstić information content (AvgIpc) is 2.33. The lowest BCUT2D eigenvalue weighted by molar-refractivity contribution is -0.136. The van der Waals surface area contributed by atoms with Crippen molar-refractivity contribution in [3.63, 3.8) is 0 Å². The number of rotatable bonds is 4. The summed E-state index contributed by atoms with van der Waals surface area (Å²) < 4.78 is 0. The fraction of sp³-hybridized carbons (Fsp3) is 0.429. The molecule has 0 bridgehead atoms. The smallest absolute Gasteiger partial charge is 0.241 e. The Bertz CT molecular complexity index is 458. The highest BCUT2D eigenvalue weighted by molar-refractivity contribution is 5.83. The molecule has 1 aromatic rings. The summed E-state index contributed by atoms with van der Waals surface area (Å²) in [5, 5.41) is 18.1. The highest BCUT2D eigenvalue weighted by atomic mass is 16.3. The molecule has 0 saturated heterocycles. The zero-order valence-electron chi connectivity index (χ0n) is 11.0. The average molecular weight is 246 g/mol. The lowest BCUT2D eigenvalue weighted by atomic mass is 9.84. The van der Waals surface area contributed by atoms with E-state index in [4.69, 9.17) is 5.26 Å². The summed E-state index contributed by atoms with van der Waals surface area (Å²) in [7, 11) is 0. The fourth-order valence-electron chi connectivity index (χ4n) is 1.82. The molecule has 1 N–H and O–H groups in total. The van der Waals surface area contributed by atoms with E-state index >= 15 is 0 Å². The Morgan fingerprint density at radius 1 is 1.39 bits per heavy atom. The van der Waals surface area contributed by atoms with Gasteiger partial charge in [0.1, 0.15) is 5.75 Å². The van der Waals surface area contributed by atoms with Crippen molar-refractivity contribution in [1.82, 2.24) is 4.90 Å². The number of phenolic OH excluding ortho intramolecular Hbond substituents is 1. The summed E-state index contributed by atoms with van der Waals surface area (Å²) in [6.45, 7) is 5.80. The molecule has 1 amide bonds. The first-order chi connectivity index (χ1) is 8.40. The molecular weight excluding hydrogens is 228 g/mol. The monoisotopic (exact) mass is 246 g/mol. The summed E-state index contributed by atoms with van der Waals surface area (Å²) in [6, 6.07) is 6.76. The van der Waals surface area contributed by atoms with Gasteiger partial charge in [-0.15, -0.1) is 0 Å². The van der Waals surface area contributed by atoms with E-state index in [1.54, 1.807) is 31.2 Å². The van der Waals surface area contributed by atoms with Crippen LogP contribution in [0.5, 0.6) is 5.75 Å². The number of carbonyl (C=O) groups is 1. The number of amides is 1. The van der Waals surface area contributed by atoms with Crippen molar-refractivity contribution >= 4 is 5.91 Å². The van der Waals surface area contributed by atoms with Crippen LogP contribution in [0.15, 0.2) is 24.3 Å². The summed E-state index contributed by atoms with van der Waals surface area (Å²) in [6.07, 6.45) is 2.43. The summed E-state index contributed by atoms with van der Waals surface area (Å²) in [5.74, 6) is 0.0238. The Labute approximate surface area is 107 Å². The fourth-order valence-corrected chi connectivity index (χ4v) is 1.82. The van der Waals surface area contributed by atoms with Crippen LogP contribution in [0, 0.1) is 16.9 Å². The first-order valence-corrected chi connectivity index (χ1v) is 5.90. The number of phenols is 1. The molecule has 4 heteroatoms. The van der Waals surface area contributed by atoms with Crippen LogP contribution in [0.2, 0.25) is 0 Å². The van der Waals surface area contributed by atoms with Crippen molar-refractivity contribution in [2.75, 3.05) is 6.54 Å². The number of nitrogens with zero attached hydrogens (tertiary/aromatic N) is 2. The molecule has 0 atom stereocenters. The number of hydrogen-bond acceptors (Lipinski definition) is 3. The van der Waals surface area contributed by atoms with E-state index in [0.29, 0.717) is 13.0 Å². The quantitative estimate of drug-likeness (QED) is 0.655. The molecule has 0 aliphatic heterocycles. The minimum atomic E-state index is -0.636. The zero-order chi connectivity index (χ0) is 13.8. The van der Waals surface area contributed by atoms with E-state index in [0.717, 1.165) is 5.56 Å². The van der Waals surface area contributed by atoms with E-state index in [2.05, 4.69) is 0 Å². The molecule has 0 spiro atoms. The van der Waals surface area contributed by atoms with Crippen LogP contribution >= 0.6 is 0 Å². The molecule has 0 aliphatic rings. The number of hydrogen-bond donors (Lipinski definition) is 1. The lowest BCUT2D eigenvalue weighted by Gasteiger charge is -2.26. The van der Waals surface area contributed by atoms with Crippen LogP contribution in [0.1, 0.15) is 26.3 Å². The van der Waals surface area contributed by atoms with Gasteiger partial charge in [-0.3, -0.25) is 4.79 Å². The molecule has 1 rings (SSSR count). The van der Waals surface area contributed by atoms with Crippen molar-refractivity contribution in [3.05, 3.63) is 29.8 Å². The van der Waals surface area contributed by atoms with Gasteiger partial charge in [-0.05, 0) is 31.0 Å². The lowest BCUT2D eigenvalue weighted by Crippen LogP contribution is -2.39. The van der Waals surface area contributed by atoms with E-state index < -0.39 is 5.41 Å². The van der Waals surface area contributed by atoms with Crippen molar-refractivity contribution in [3.8, 4) is 11.9 Å². The summed E-state index contributed by atoms with van der Waals surface area (Å²) >= 11 is 0. The van der Waals surface area contributed by atoms with Gasteiger partial charge in [-0.25, -0.2) is 4.90 Å². The Hall–Kier alpha value is -2.02. The van der Waals surface area contributed by atoms with Crippen molar-refractivity contribution < 1.29 is 9.90 Å². The van der Waals surface area contributed by atoms with Gasteiger partial charge in [0.25, 0.3) is 0 Å². The number of aromatic hydroxyl groups is 1. The molecule has 96 valence electrons. The summed E-state index contributed by atoms with van der Waals surface area (Å²) in [4.78, 5) is 13.3.